The van der Waals surface area contributed by atoms with E-state index >= 15 is 0 Å². The monoisotopic (exact) mass is 382 g/mol. The summed E-state index contributed by atoms with van der Waals surface area (Å²) in [5.41, 5.74) is 3.26. The van der Waals surface area contributed by atoms with Crippen LogP contribution in [0.4, 0.5) is 20.3 Å². The van der Waals surface area contributed by atoms with Crippen molar-refractivity contribution in [3.8, 4) is 5.75 Å². The third kappa shape index (κ3) is 3.12. The lowest BCUT2D eigenvalue weighted by atomic mass is 10.1. The van der Waals surface area contributed by atoms with Crippen LogP contribution in [0.1, 0.15) is 11.3 Å². The van der Waals surface area contributed by atoms with Crippen LogP contribution in [0.3, 0.4) is 0 Å². The number of nitrogens with one attached hydrogen (secondary N) is 2. The molecule has 5 nitrogen and oxygen atoms in total. The average Bonchev–Trinajstić information content (AvgIpc) is 2.81. The summed E-state index contributed by atoms with van der Waals surface area (Å²) in [6.45, 7) is 1.02. The van der Waals surface area contributed by atoms with Crippen molar-refractivity contribution < 1.29 is 13.5 Å². The third-order valence-corrected chi connectivity index (χ3v) is 4.12. The van der Waals surface area contributed by atoms with Gasteiger partial charge in [0.2, 0.25) is 0 Å². The molecule has 8 heteroatoms. The molecule has 0 radical (unpaired) electrons. The van der Waals surface area contributed by atoms with Crippen molar-refractivity contribution >= 4 is 38.3 Å². The lowest BCUT2D eigenvalue weighted by Crippen LogP contribution is -2.02. The fraction of sp³-hybridized carbons (Fsp3) is 0.200. The number of nitrogens with zero attached hydrogens (tertiary/aromatic N) is 2. The van der Waals surface area contributed by atoms with Crippen LogP contribution in [-0.2, 0) is 0 Å². The van der Waals surface area contributed by atoms with E-state index in [1.165, 1.54) is 12.1 Å². The molecule has 0 bridgehead atoms. The fourth-order valence-corrected chi connectivity index (χ4v) is 2.59. The Bertz CT molecular complexity index is 866. The molecule has 0 aliphatic rings. The highest BCUT2D eigenvalue weighted by molar-refractivity contribution is 9.10. The highest BCUT2D eigenvalue weighted by Crippen LogP contribution is 2.34. The molecule has 3 rings (SSSR count). The number of alkyl halides is 2. The van der Waals surface area contributed by atoms with Crippen LogP contribution in [0, 0.1) is 13.8 Å². The lowest BCUT2D eigenvalue weighted by molar-refractivity contribution is -0.0497. The fourth-order valence-electron chi connectivity index (χ4n) is 2.18. The van der Waals surface area contributed by atoms with Crippen molar-refractivity contribution in [2.24, 2.45) is 0 Å². The zero-order valence-electron chi connectivity index (χ0n) is 12.3. The first-order valence-corrected chi connectivity index (χ1v) is 7.56. The van der Waals surface area contributed by atoms with Gasteiger partial charge in [-0.1, -0.05) is 0 Å². The van der Waals surface area contributed by atoms with Gasteiger partial charge in [-0.05, 0) is 41.9 Å². The molecular formula is C15H13BrF2N4O. The first kappa shape index (κ1) is 15.7. The molecule has 0 amide bonds. The zero-order valence-corrected chi connectivity index (χ0v) is 13.9. The van der Waals surface area contributed by atoms with Gasteiger partial charge in [-0.3, -0.25) is 10.1 Å². The molecule has 0 unspecified atom stereocenters. The Kier molecular flexibility index (Phi) is 4.16. The van der Waals surface area contributed by atoms with Crippen LogP contribution < -0.4 is 10.1 Å². The van der Waals surface area contributed by atoms with E-state index in [0.717, 1.165) is 26.8 Å². The molecule has 0 spiro atoms. The van der Waals surface area contributed by atoms with Crippen LogP contribution in [0.25, 0.3) is 10.9 Å². The predicted octanol–water partition coefficient (Wildman–Crippen LogP) is 4.68. The number of aryl methyl sites for hydroxylation is 1. The molecule has 2 heterocycles. The van der Waals surface area contributed by atoms with E-state index in [-0.39, 0.29) is 5.75 Å². The number of hydrogen-bond acceptors (Lipinski definition) is 4. The van der Waals surface area contributed by atoms with Gasteiger partial charge < -0.3 is 10.1 Å². The van der Waals surface area contributed by atoms with E-state index in [0.29, 0.717) is 11.3 Å². The highest BCUT2D eigenvalue weighted by Gasteiger charge is 2.13. The first-order chi connectivity index (χ1) is 11.0. The van der Waals surface area contributed by atoms with Crippen LogP contribution in [0.5, 0.6) is 5.75 Å². The van der Waals surface area contributed by atoms with Gasteiger partial charge in [-0.2, -0.15) is 13.9 Å². The van der Waals surface area contributed by atoms with Gasteiger partial charge in [-0.15, -0.1) is 0 Å². The second kappa shape index (κ2) is 6.11. The number of aromatic nitrogens is 3. The number of aromatic amines is 1. The molecule has 0 aliphatic heterocycles. The van der Waals surface area contributed by atoms with Crippen LogP contribution >= 0.6 is 15.9 Å². The number of anilines is 2. The SMILES string of the molecule is Cc1[nH]nc(Nc2c(Br)cnc3cc(OC(F)F)ccc23)c1C. The Morgan fingerprint density at radius 1 is 1.30 bits per heavy atom. The minimum Gasteiger partial charge on any atom is -0.435 e. The number of hydrogen-bond donors (Lipinski definition) is 2. The Labute approximate surface area is 139 Å². The maximum atomic E-state index is 12.3. The summed E-state index contributed by atoms with van der Waals surface area (Å²) in [7, 11) is 0. The molecule has 3 aromatic rings. The van der Waals surface area contributed by atoms with E-state index in [9.17, 15) is 8.78 Å². The molecule has 2 N–H and O–H groups in total. The van der Waals surface area contributed by atoms with Crippen LogP contribution in [0.2, 0.25) is 0 Å². The molecule has 0 saturated heterocycles. The Morgan fingerprint density at radius 2 is 2.09 bits per heavy atom. The summed E-state index contributed by atoms with van der Waals surface area (Å²) in [6, 6.07) is 4.64. The van der Waals surface area contributed by atoms with E-state index < -0.39 is 6.61 Å². The van der Waals surface area contributed by atoms with Gasteiger partial charge in [0.15, 0.2) is 5.82 Å². The van der Waals surface area contributed by atoms with Crippen LogP contribution in [-0.4, -0.2) is 21.8 Å². The highest BCUT2D eigenvalue weighted by atomic mass is 79.9. The number of halogens is 3. The molecule has 2 aromatic heterocycles. The number of benzene rings is 1. The molecule has 0 fully saturated rings. The zero-order chi connectivity index (χ0) is 16.6. The van der Waals surface area contributed by atoms with Crippen molar-refractivity contribution in [3.05, 3.63) is 40.1 Å². The maximum absolute atomic E-state index is 12.3. The number of fused-ring (bicyclic) bond motifs is 1. The van der Waals surface area contributed by atoms with E-state index in [4.69, 9.17) is 0 Å². The summed E-state index contributed by atoms with van der Waals surface area (Å²) in [5, 5.41) is 11.1. The number of pyridine rings is 1. The average molecular weight is 383 g/mol. The van der Waals surface area contributed by atoms with Gasteiger partial charge in [0.1, 0.15) is 5.75 Å². The van der Waals surface area contributed by atoms with E-state index in [2.05, 4.69) is 41.2 Å². The second-order valence-corrected chi connectivity index (χ2v) is 5.84. The lowest BCUT2D eigenvalue weighted by Gasteiger charge is -2.12. The van der Waals surface area contributed by atoms with Crippen molar-refractivity contribution in [2.45, 2.75) is 20.5 Å². The van der Waals surface area contributed by atoms with Crippen LogP contribution in [0.15, 0.2) is 28.9 Å². The Balaban J connectivity index is 2.05. The standard InChI is InChI=1S/C15H13BrF2N4O/c1-7-8(2)21-22-14(7)20-13-10-4-3-9(23-15(17)18)5-12(10)19-6-11(13)16/h3-6,15H,1-2H3,(H2,19,20,21,22). The summed E-state index contributed by atoms with van der Waals surface area (Å²) >= 11 is 3.45. The first-order valence-electron chi connectivity index (χ1n) is 6.77. The van der Waals surface area contributed by atoms with Gasteiger partial charge in [0.25, 0.3) is 0 Å². The van der Waals surface area contributed by atoms with E-state index in [1.54, 1.807) is 12.3 Å². The van der Waals surface area contributed by atoms with Crippen molar-refractivity contribution in [1.82, 2.24) is 15.2 Å². The van der Waals surface area contributed by atoms with Crippen molar-refractivity contribution in [2.75, 3.05) is 5.32 Å². The van der Waals surface area contributed by atoms with Gasteiger partial charge in [0, 0.05) is 28.9 Å². The van der Waals surface area contributed by atoms with E-state index in [1.807, 2.05) is 13.8 Å². The molecule has 0 atom stereocenters. The topological polar surface area (TPSA) is 62.8 Å². The summed E-state index contributed by atoms with van der Waals surface area (Å²) in [4.78, 5) is 4.24. The summed E-state index contributed by atoms with van der Waals surface area (Å²) in [6.07, 6.45) is 1.60. The smallest absolute Gasteiger partial charge is 0.387 e. The minimum atomic E-state index is -2.87. The normalized spacial score (nSPS) is 11.2. The quantitative estimate of drug-likeness (QED) is 0.687. The van der Waals surface area contributed by atoms with Gasteiger partial charge >= 0.3 is 6.61 Å². The number of H-pyrrole nitrogens is 1. The molecule has 0 aliphatic carbocycles. The van der Waals surface area contributed by atoms with Gasteiger partial charge in [0.05, 0.1) is 15.7 Å². The Morgan fingerprint density at radius 3 is 2.74 bits per heavy atom. The third-order valence-electron chi connectivity index (χ3n) is 3.52. The molecule has 23 heavy (non-hydrogen) atoms. The van der Waals surface area contributed by atoms with Crippen molar-refractivity contribution in [3.63, 3.8) is 0 Å². The summed E-state index contributed by atoms with van der Waals surface area (Å²) < 4.78 is 29.8. The number of ether oxygens (including phenoxy) is 1. The molecule has 0 saturated carbocycles. The minimum absolute atomic E-state index is 0.0695. The van der Waals surface area contributed by atoms with Gasteiger partial charge in [-0.25, -0.2) is 0 Å². The summed E-state index contributed by atoms with van der Waals surface area (Å²) in [5.74, 6) is 0.767. The second-order valence-electron chi connectivity index (χ2n) is 4.99. The Hall–Kier alpha value is -2.22. The molecular weight excluding hydrogens is 370 g/mol. The maximum Gasteiger partial charge on any atom is 0.387 e. The number of rotatable bonds is 4. The van der Waals surface area contributed by atoms with Crippen molar-refractivity contribution in [1.29, 1.82) is 0 Å². The predicted molar refractivity (Wildman–Crippen MR) is 87.4 cm³/mol. The molecule has 1 aromatic carbocycles. The largest absolute Gasteiger partial charge is 0.435 e. The molecule has 120 valence electrons.